The Morgan fingerprint density at radius 2 is 2.07 bits per heavy atom. The Morgan fingerprint density at radius 1 is 1.22 bits per heavy atom. The smallest absolute Gasteiger partial charge is 0.275 e. The first kappa shape index (κ1) is 17.4. The molecule has 1 fully saturated rings. The van der Waals surface area contributed by atoms with E-state index in [1.165, 1.54) is 0 Å². The Kier molecular flexibility index (Phi) is 4.96. The van der Waals surface area contributed by atoms with E-state index in [2.05, 4.69) is 10.2 Å². The van der Waals surface area contributed by atoms with Crippen LogP contribution in [-0.2, 0) is 0 Å². The number of amides is 1. The second-order valence-corrected chi connectivity index (χ2v) is 6.87. The highest BCUT2D eigenvalue weighted by Crippen LogP contribution is 2.24. The van der Waals surface area contributed by atoms with Crippen molar-refractivity contribution in [3.63, 3.8) is 0 Å². The average molecular weight is 365 g/mol. The fourth-order valence-corrected chi connectivity index (χ4v) is 3.57. The standard InChI is InChI=1S/C21H23N3O3/c1-26-16-7-4-8-17(12-16)27-14-15-6-5-11-24(13-15)21(25)20-18-9-2-3-10-19(18)22-23-20/h2-4,7-10,12,15H,5-6,11,13-14H2,1H3,(H,22,23). The number of carbonyl (C=O) groups is 1. The summed E-state index contributed by atoms with van der Waals surface area (Å²) in [5, 5.41) is 8.06. The molecule has 0 radical (unpaired) electrons. The molecule has 27 heavy (non-hydrogen) atoms. The van der Waals surface area contributed by atoms with Crippen molar-refractivity contribution in [3.8, 4) is 11.5 Å². The largest absolute Gasteiger partial charge is 0.497 e. The van der Waals surface area contributed by atoms with Gasteiger partial charge in [-0.1, -0.05) is 24.3 Å². The van der Waals surface area contributed by atoms with Crippen LogP contribution in [0.25, 0.3) is 10.9 Å². The molecule has 1 aliphatic heterocycles. The van der Waals surface area contributed by atoms with E-state index in [0.717, 1.165) is 41.8 Å². The number of piperidine rings is 1. The molecule has 6 heteroatoms. The van der Waals surface area contributed by atoms with Crippen LogP contribution >= 0.6 is 0 Å². The maximum atomic E-state index is 13.0. The summed E-state index contributed by atoms with van der Waals surface area (Å²) in [4.78, 5) is 14.9. The van der Waals surface area contributed by atoms with Gasteiger partial charge >= 0.3 is 0 Å². The number of methoxy groups -OCH3 is 1. The van der Waals surface area contributed by atoms with E-state index < -0.39 is 0 Å². The first-order valence-corrected chi connectivity index (χ1v) is 9.24. The lowest BCUT2D eigenvalue weighted by Gasteiger charge is -2.32. The number of aromatic nitrogens is 2. The highest BCUT2D eigenvalue weighted by atomic mass is 16.5. The second-order valence-electron chi connectivity index (χ2n) is 6.87. The zero-order chi connectivity index (χ0) is 18.6. The van der Waals surface area contributed by atoms with Gasteiger partial charge in [-0.05, 0) is 31.0 Å². The van der Waals surface area contributed by atoms with Gasteiger partial charge in [-0.25, -0.2) is 0 Å². The zero-order valence-corrected chi connectivity index (χ0v) is 15.4. The van der Waals surface area contributed by atoms with Gasteiger partial charge in [0, 0.05) is 30.5 Å². The van der Waals surface area contributed by atoms with Crippen LogP contribution in [0, 0.1) is 5.92 Å². The number of carbonyl (C=O) groups excluding carboxylic acids is 1. The summed E-state index contributed by atoms with van der Waals surface area (Å²) in [5.41, 5.74) is 1.38. The molecule has 3 aromatic rings. The minimum absolute atomic E-state index is 0.0152. The average Bonchev–Trinajstić information content (AvgIpc) is 3.16. The van der Waals surface area contributed by atoms with E-state index in [0.29, 0.717) is 24.8 Å². The van der Waals surface area contributed by atoms with Gasteiger partial charge in [0.1, 0.15) is 11.5 Å². The van der Waals surface area contributed by atoms with Gasteiger partial charge in [0.2, 0.25) is 0 Å². The van der Waals surface area contributed by atoms with E-state index in [1.54, 1.807) is 7.11 Å². The summed E-state index contributed by atoms with van der Waals surface area (Å²) in [5.74, 6) is 1.85. The lowest BCUT2D eigenvalue weighted by atomic mass is 9.98. The molecule has 1 N–H and O–H groups in total. The molecule has 1 amide bonds. The number of ether oxygens (including phenoxy) is 2. The van der Waals surface area contributed by atoms with Gasteiger partial charge in [-0.15, -0.1) is 0 Å². The van der Waals surface area contributed by atoms with Crippen molar-refractivity contribution < 1.29 is 14.3 Å². The molecule has 4 rings (SSSR count). The summed E-state index contributed by atoms with van der Waals surface area (Å²) in [6.45, 7) is 2.03. The van der Waals surface area contributed by atoms with E-state index in [1.807, 2.05) is 53.4 Å². The number of aromatic amines is 1. The van der Waals surface area contributed by atoms with Crippen molar-refractivity contribution in [2.24, 2.45) is 5.92 Å². The lowest BCUT2D eigenvalue weighted by Crippen LogP contribution is -2.41. The topological polar surface area (TPSA) is 67.5 Å². The third-order valence-electron chi connectivity index (χ3n) is 5.01. The third kappa shape index (κ3) is 3.74. The van der Waals surface area contributed by atoms with Crippen molar-refractivity contribution in [1.29, 1.82) is 0 Å². The normalized spacial score (nSPS) is 17.1. The van der Waals surface area contributed by atoms with Crippen LogP contribution in [0.3, 0.4) is 0 Å². The van der Waals surface area contributed by atoms with E-state index in [9.17, 15) is 4.79 Å². The van der Waals surface area contributed by atoms with Crippen molar-refractivity contribution >= 4 is 16.8 Å². The first-order chi connectivity index (χ1) is 13.2. The molecule has 0 spiro atoms. The van der Waals surface area contributed by atoms with Gasteiger partial charge in [-0.3, -0.25) is 9.89 Å². The maximum absolute atomic E-state index is 13.0. The van der Waals surface area contributed by atoms with Crippen LogP contribution in [0.4, 0.5) is 0 Å². The Bertz CT molecular complexity index is 937. The minimum Gasteiger partial charge on any atom is -0.497 e. The zero-order valence-electron chi connectivity index (χ0n) is 15.4. The number of hydrogen-bond donors (Lipinski definition) is 1. The third-order valence-corrected chi connectivity index (χ3v) is 5.01. The Hall–Kier alpha value is -3.02. The van der Waals surface area contributed by atoms with Crippen LogP contribution in [0.2, 0.25) is 0 Å². The SMILES string of the molecule is COc1cccc(OCC2CCCN(C(=O)c3n[nH]c4ccccc34)C2)c1. The fourth-order valence-electron chi connectivity index (χ4n) is 3.57. The molecule has 1 aliphatic rings. The fraction of sp³-hybridized carbons (Fsp3) is 0.333. The van der Waals surface area contributed by atoms with Crippen LogP contribution in [0.5, 0.6) is 11.5 Å². The van der Waals surface area contributed by atoms with Crippen molar-refractivity contribution in [1.82, 2.24) is 15.1 Å². The van der Waals surface area contributed by atoms with Gasteiger partial charge in [0.05, 0.1) is 19.2 Å². The predicted molar refractivity (Wildman–Crippen MR) is 103 cm³/mol. The monoisotopic (exact) mass is 365 g/mol. The number of benzene rings is 2. The Morgan fingerprint density at radius 3 is 2.96 bits per heavy atom. The molecular weight excluding hydrogens is 342 g/mol. The van der Waals surface area contributed by atoms with Crippen molar-refractivity contribution in [2.75, 3.05) is 26.8 Å². The summed E-state index contributed by atoms with van der Waals surface area (Å²) in [6.07, 6.45) is 2.02. The van der Waals surface area contributed by atoms with Crippen LogP contribution < -0.4 is 9.47 Å². The van der Waals surface area contributed by atoms with E-state index in [4.69, 9.17) is 9.47 Å². The summed E-state index contributed by atoms with van der Waals surface area (Å²) in [6, 6.07) is 15.3. The molecule has 140 valence electrons. The number of hydrogen-bond acceptors (Lipinski definition) is 4. The molecule has 0 bridgehead atoms. The minimum atomic E-state index is -0.0152. The molecule has 0 saturated carbocycles. The number of likely N-dealkylation sites (tertiary alicyclic amines) is 1. The molecule has 0 aliphatic carbocycles. The number of rotatable bonds is 5. The van der Waals surface area contributed by atoms with Gasteiger partial charge in [0.25, 0.3) is 5.91 Å². The Labute approximate surface area is 158 Å². The molecule has 2 aromatic carbocycles. The molecular formula is C21H23N3O3. The lowest BCUT2D eigenvalue weighted by molar-refractivity contribution is 0.0629. The van der Waals surface area contributed by atoms with Gasteiger partial charge in [0.15, 0.2) is 5.69 Å². The molecule has 1 saturated heterocycles. The summed E-state index contributed by atoms with van der Waals surface area (Å²) >= 11 is 0. The van der Waals surface area contributed by atoms with Crippen LogP contribution in [0.15, 0.2) is 48.5 Å². The second kappa shape index (κ2) is 7.70. The van der Waals surface area contributed by atoms with Crippen molar-refractivity contribution in [3.05, 3.63) is 54.2 Å². The highest BCUT2D eigenvalue weighted by molar-refractivity contribution is 6.04. The van der Waals surface area contributed by atoms with Gasteiger partial charge < -0.3 is 14.4 Å². The molecule has 6 nitrogen and oxygen atoms in total. The quantitative estimate of drug-likeness (QED) is 0.751. The molecule has 1 unspecified atom stereocenters. The number of nitrogens with zero attached hydrogens (tertiary/aromatic N) is 2. The van der Waals surface area contributed by atoms with E-state index >= 15 is 0 Å². The number of nitrogens with one attached hydrogen (secondary N) is 1. The van der Waals surface area contributed by atoms with Crippen LogP contribution in [0.1, 0.15) is 23.3 Å². The molecule has 2 heterocycles. The highest BCUT2D eigenvalue weighted by Gasteiger charge is 2.27. The predicted octanol–water partition coefficient (Wildman–Crippen LogP) is 3.50. The van der Waals surface area contributed by atoms with Gasteiger partial charge in [-0.2, -0.15) is 5.10 Å². The van der Waals surface area contributed by atoms with Crippen molar-refractivity contribution in [2.45, 2.75) is 12.8 Å². The Balaban J connectivity index is 1.41. The summed E-state index contributed by atoms with van der Waals surface area (Å²) in [7, 11) is 1.64. The van der Waals surface area contributed by atoms with E-state index in [-0.39, 0.29) is 5.91 Å². The maximum Gasteiger partial charge on any atom is 0.275 e. The van der Waals surface area contributed by atoms with Crippen LogP contribution in [-0.4, -0.2) is 47.8 Å². The number of fused-ring (bicyclic) bond motifs is 1. The number of para-hydroxylation sites is 1. The first-order valence-electron chi connectivity index (χ1n) is 9.24. The summed E-state index contributed by atoms with van der Waals surface area (Å²) < 4.78 is 11.2. The number of H-pyrrole nitrogens is 1. The molecule has 1 aromatic heterocycles. The molecule has 1 atom stereocenters.